The van der Waals surface area contributed by atoms with E-state index in [4.69, 9.17) is 10.3 Å². The third kappa shape index (κ3) is 4.28. The topological polar surface area (TPSA) is 62.5 Å². The average molecular weight is 334 g/mol. The number of allylic oxidation sites excluding steroid dienone is 1. The van der Waals surface area contributed by atoms with Crippen LogP contribution in [0.2, 0.25) is 0 Å². The van der Waals surface area contributed by atoms with Gasteiger partial charge in [-0.05, 0) is 35.4 Å². The Balaban J connectivity index is 2.15. The smallest absolute Gasteiger partial charge is 0.416 e. The second-order valence-corrected chi connectivity index (χ2v) is 4.89. The Labute approximate surface area is 136 Å². The fraction of sp³-hybridized carbons (Fsp3) is 0.118. The molecule has 24 heavy (non-hydrogen) atoms. The van der Waals surface area contributed by atoms with Crippen LogP contribution in [0.5, 0.6) is 5.75 Å². The Hall–Kier alpha value is -2.96. The van der Waals surface area contributed by atoms with E-state index in [1.54, 1.807) is 24.3 Å². The number of alkyl halides is 3. The van der Waals surface area contributed by atoms with Gasteiger partial charge in [0.05, 0.1) is 5.56 Å². The first-order valence-electron chi connectivity index (χ1n) is 6.84. The van der Waals surface area contributed by atoms with E-state index in [1.165, 1.54) is 19.1 Å². The molecule has 0 aliphatic heterocycles. The number of nitrogens with one attached hydrogen (secondary N) is 1. The number of carbonyl (C=O) groups is 1. The molecule has 124 valence electrons. The molecule has 0 fully saturated rings. The highest BCUT2D eigenvalue weighted by molar-refractivity contribution is 5.92. The third-order valence-electron chi connectivity index (χ3n) is 3.19. The molecule has 0 saturated carbocycles. The molecule has 2 rings (SSSR count). The molecule has 4 nitrogen and oxygen atoms in total. The highest BCUT2D eigenvalue weighted by Gasteiger charge is 2.29. The Bertz CT molecular complexity index is 764. The maximum Gasteiger partial charge on any atom is 0.416 e. The van der Waals surface area contributed by atoms with Crippen LogP contribution in [-0.2, 0) is 11.0 Å². The van der Waals surface area contributed by atoms with Crippen LogP contribution in [0.4, 0.5) is 13.2 Å². The lowest BCUT2D eigenvalue weighted by Crippen LogP contribution is -2.03. The van der Waals surface area contributed by atoms with E-state index < -0.39 is 17.5 Å². The summed E-state index contributed by atoms with van der Waals surface area (Å²) in [5.41, 5.74) is 7.37. The molecule has 2 aromatic carbocycles. The van der Waals surface area contributed by atoms with Crippen molar-refractivity contribution >= 4 is 5.78 Å². The summed E-state index contributed by atoms with van der Waals surface area (Å²) in [5.74, 6) is 0.0134. The highest BCUT2D eigenvalue weighted by atomic mass is 19.4. The van der Waals surface area contributed by atoms with Crippen molar-refractivity contribution in [2.75, 3.05) is 0 Å². The molecule has 7 heteroatoms. The molecule has 0 aromatic heterocycles. The summed E-state index contributed by atoms with van der Waals surface area (Å²) in [7, 11) is 0. The predicted octanol–water partition coefficient (Wildman–Crippen LogP) is 5.21. The maximum absolute atomic E-state index is 12.5. The van der Waals surface area contributed by atoms with E-state index in [9.17, 15) is 18.0 Å². The van der Waals surface area contributed by atoms with E-state index in [1.807, 2.05) is 0 Å². The molecule has 0 bridgehead atoms. The highest BCUT2D eigenvalue weighted by Crippen LogP contribution is 2.31. The number of carbonyl (C=O) groups excluding carboxylic acids is 1. The number of benzene rings is 2. The van der Waals surface area contributed by atoms with Crippen LogP contribution in [0.3, 0.4) is 0 Å². The standard InChI is InChI=1S/C17H13F3N2O2/c1-11(23)16(22-21)10-24-15-8-4-13(5-9-15)12-2-6-14(7-3-12)17(18,19)20/h2-10,21H,1H3. The van der Waals surface area contributed by atoms with Gasteiger partial charge in [0.25, 0.3) is 0 Å². The van der Waals surface area contributed by atoms with Crippen LogP contribution in [-0.4, -0.2) is 5.78 Å². The normalized spacial score (nSPS) is 11.9. The summed E-state index contributed by atoms with van der Waals surface area (Å²) >= 11 is 0. The molecule has 0 radical (unpaired) electrons. The van der Waals surface area contributed by atoms with Gasteiger partial charge < -0.3 is 4.74 Å². The first kappa shape index (κ1) is 17.4. The van der Waals surface area contributed by atoms with Crippen LogP contribution in [0, 0.1) is 5.53 Å². The van der Waals surface area contributed by atoms with Gasteiger partial charge in [-0.15, -0.1) is 0 Å². The summed E-state index contributed by atoms with van der Waals surface area (Å²) < 4.78 is 42.9. The Morgan fingerprint density at radius 3 is 1.96 bits per heavy atom. The summed E-state index contributed by atoms with van der Waals surface area (Å²) in [5, 5.41) is 3.04. The van der Waals surface area contributed by atoms with Crippen LogP contribution in [0.1, 0.15) is 12.5 Å². The number of ketones is 1. The van der Waals surface area contributed by atoms with Gasteiger partial charge in [-0.25, -0.2) is 5.53 Å². The van der Waals surface area contributed by atoms with Crippen LogP contribution in [0.25, 0.3) is 11.1 Å². The third-order valence-corrected chi connectivity index (χ3v) is 3.19. The van der Waals surface area contributed by atoms with Crippen LogP contribution >= 0.6 is 0 Å². The van der Waals surface area contributed by atoms with E-state index in [0.29, 0.717) is 11.3 Å². The number of hydrogen-bond acceptors (Lipinski definition) is 4. The van der Waals surface area contributed by atoms with E-state index in [0.717, 1.165) is 24.0 Å². The van der Waals surface area contributed by atoms with Gasteiger partial charge in [0, 0.05) is 6.92 Å². The van der Waals surface area contributed by atoms with Gasteiger partial charge in [0.15, 0.2) is 11.5 Å². The Morgan fingerprint density at radius 2 is 1.54 bits per heavy atom. The number of nitrogens with zero attached hydrogens (tertiary/aromatic N) is 1. The molecule has 0 amide bonds. The molecule has 0 aliphatic carbocycles. The predicted molar refractivity (Wildman–Crippen MR) is 81.4 cm³/mol. The minimum atomic E-state index is -4.36. The summed E-state index contributed by atoms with van der Waals surface area (Å²) in [6.07, 6.45) is -3.29. The van der Waals surface area contributed by atoms with Gasteiger partial charge in [-0.2, -0.15) is 18.3 Å². The van der Waals surface area contributed by atoms with Crippen molar-refractivity contribution in [2.24, 2.45) is 5.11 Å². The van der Waals surface area contributed by atoms with E-state index >= 15 is 0 Å². The van der Waals surface area contributed by atoms with Crippen LogP contribution < -0.4 is 4.74 Å². The quantitative estimate of drug-likeness (QED) is 0.463. The molecule has 2 aromatic rings. The van der Waals surface area contributed by atoms with Crippen LogP contribution in [0.15, 0.2) is 65.6 Å². The molecule has 0 spiro atoms. The van der Waals surface area contributed by atoms with Crippen molar-refractivity contribution in [1.29, 1.82) is 5.53 Å². The van der Waals surface area contributed by atoms with Gasteiger partial charge >= 0.3 is 6.18 Å². The number of ether oxygens (including phenoxy) is 1. The lowest BCUT2D eigenvalue weighted by atomic mass is 10.0. The number of Topliss-reactive ketones (excluding diaryl/α,β-unsaturated/α-hetero) is 1. The van der Waals surface area contributed by atoms with Gasteiger partial charge in [-0.3, -0.25) is 4.79 Å². The molecule has 0 aliphatic rings. The first-order valence-corrected chi connectivity index (χ1v) is 6.84. The maximum atomic E-state index is 12.5. The fourth-order valence-electron chi connectivity index (χ4n) is 1.89. The summed E-state index contributed by atoms with van der Waals surface area (Å²) in [6, 6.07) is 11.4. The van der Waals surface area contributed by atoms with Crippen molar-refractivity contribution in [3.63, 3.8) is 0 Å². The molecular weight excluding hydrogens is 321 g/mol. The number of rotatable bonds is 5. The minimum absolute atomic E-state index is 0.123. The van der Waals surface area contributed by atoms with Crippen molar-refractivity contribution in [3.8, 4) is 16.9 Å². The van der Waals surface area contributed by atoms with Gasteiger partial charge in [0.1, 0.15) is 12.0 Å². The van der Waals surface area contributed by atoms with Crippen molar-refractivity contribution in [3.05, 3.63) is 66.1 Å². The zero-order valence-corrected chi connectivity index (χ0v) is 12.6. The lowest BCUT2D eigenvalue weighted by Gasteiger charge is -2.08. The van der Waals surface area contributed by atoms with E-state index in [-0.39, 0.29) is 5.70 Å². The number of halogens is 3. The van der Waals surface area contributed by atoms with E-state index in [2.05, 4.69) is 5.11 Å². The Kier molecular flexibility index (Phi) is 5.13. The molecular formula is C17H13F3N2O2. The van der Waals surface area contributed by atoms with Crippen molar-refractivity contribution in [1.82, 2.24) is 0 Å². The second kappa shape index (κ2) is 7.08. The molecule has 0 atom stereocenters. The van der Waals surface area contributed by atoms with Crippen molar-refractivity contribution in [2.45, 2.75) is 13.1 Å². The molecule has 1 N–H and O–H groups in total. The molecule has 0 heterocycles. The first-order chi connectivity index (χ1) is 11.3. The molecule has 0 saturated heterocycles. The average Bonchev–Trinajstić information content (AvgIpc) is 2.55. The van der Waals surface area contributed by atoms with Crippen molar-refractivity contribution < 1.29 is 22.7 Å². The SMILES string of the molecule is CC(=O)C(=COc1ccc(-c2ccc(C(F)(F)F)cc2)cc1)N=N. The summed E-state index contributed by atoms with van der Waals surface area (Å²) in [6.45, 7) is 1.26. The molecule has 0 unspecified atom stereocenters. The number of hydrogen-bond donors (Lipinski definition) is 1. The van der Waals surface area contributed by atoms with Gasteiger partial charge in [-0.1, -0.05) is 24.3 Å². The second-order valence-electron chi connectivity index (χ2n) is 4.89. The minimum Gasteiger partial charge on any atom is -0.463 e. The van der Waals surface area contributed by atoms with Gasteiger partial charge in [0.2, 0.25) is 0 Å². The monoisotopic (exact) mass is 334 g/mol. The fourth-order valence-corrected chi connectivity index (χ4v) is 1.89. The zero-order chi connectivity index (χ0) is 17.7. The Morgan fingerprint density at radius 1 is 1.04 bits per heavy atom. The summed E-state index contributed by atoms with van der Waals surface area (Å²) in [4.78, 5) is 11.1. The zero-order valence-electron chi connectivity index (χ0n) is 12.6. The largest absolute Gasteiger partial charge is 0.463 e. The lowest BCUT2D eigenvalue weighted by molar-refractivity contribution is -0.137.